The van der Waals surface area contributed by atoms with E-state index in [0.29, 0.717) is 0 Å². The first-order chi connectivity index (χ1) is 8.81. The predicted molar refractivity (Wildman–Crippen MR) is 79.0 cm³/mol. The Labute approximate surface area is 118 Å². The average molecular weight is 299 g/mol. The Hall–Kier alpha value is -1.11. The van der Waals surface area contributed by atoms with Gasteiger partial charge in [-0.05, 0) is 18.6 Å². The maximum Gasteiger partial charge on any atom is 0.197 e. The van der Waals surface area contributed by atoms with Crippen LogP contribution in [0.15, 0.2) is 22.5 Å². The summed E-state index contributed by atoms with van der Waals surface area (Å²) in [5.74, 6) is 0.811. The van der Waals surface area contributed by atoms with E-state index < -0.39 is 0 Å². The molecule has 0 amide bonds. The van der Waals surface area contributed by atoms with E-state index >= 15 is 0 Å². The van der Waals surface area contributed by atoms with Crippen LogP contribution >= 0.6 is 34.3 Å². The van der Waals surface area contributed by atoms with Crippen LogP contribution in [0, 0.1) is 0 Å². The Balaban J connectivity index is 1.75. The topological polar surface area (TPSA) is 49.3 Å². The van der Waals surface area contributed by atoms with Gasteiger partial charge in [0.1, 0.15) is 0 Å². The lowest BCUT2D eigenvalue weighted by Gasteiger charge is -2.14. The van der Waals surface area contributed by atoms with Gasteiger partial charge in [0.2, 0.25) is 0 Å². The van der Waals surface area contributed by atoms with Crippen LogP contribution in [0.4, 0.5) is 5.13 Å². The molecule has 3 rings (SSSR count). The number of anilines is 1. The monoisotopic (exact) mass is 298 g/mol. The van der Waals surface area contributed by atoms with Gasteiger partial charge in [0.05, 0.1) is 14.9 Å². The molecule has 2 aromatic heterocycles. The van der Waals surface area contributed by atoms with Crippen molar-refractivity contribution >= 4 is 45.4 Å². The van der Waals surface area contributed by atoms with E-state index in [1.54, 1.807) is 11.3 Å². The van der Waals surface area contributed by atoms with Gasteiger partial charge in [-0.3, -0.25) is 4.99 Å². The first kappa shape index (κ1) is 12.0. The number of aliphatic imine (C=N–C) groups is 1. The third-order valence-corrected chi connectivity index (χ3v) is 4.46. The summed E-state index contributed by atoms with van der Waals surface area (Å²) >= 11 is 9.03. The first-order valence-electron chi connectivity index (χ1n) is 5.58. The van der Waals surface area contributed by atoms with Gasteiger partial charge >= 0.3 is 0 Å². The molecule has 4 nitrogen and oxygen atoms in total. The summed E-state index contributed by atoms with van der Waals surface area (Å²) in [7, 11) is 0. The lowest BCUT2D eigenvalue weighted by molar-refractivity contribution is 0.740. The standard InChI is InChI=1S/C11H11ClN4S2/c12-9-3-2-8(18-9)7-6-17-11(15-7)16-10-13-4-1-5-14-10/h2-3,6H,1,4-5H2,(H2,13,14,15,16). The van der Waals surface area contributed by atoms with E-state index in [0.717, 1.165) is 45.5 Å². The second kappa shape index (κ2) is 5.26. The highest BCUT2D eigenvalue weighted by atomic mass is 35.5. The van der Waals surface area contributed by atoms with E-state index in [-0.39, 0.29) is 0 Å². The molecule has 0 unspecified atom stereocenters. The number of halogens is 1. The van der Waals surface area contributed by atoms with Crippen molar-refractivity contribution < 1.29 is 0 Å². The summed E-state index contributed by atoms with van der Waals surface area (Å²) in [4.78, 5) is 9.97. The third kappa shape index (κ3) is 2.66. The molecule has 0 spiro atoms. The van der Waals surface area contributed by atoms with Crippen molar-refractivity contribution in [1.82, 2.24) is 10.3 Å². The van der Waals surface area contributed by atoms with Crippen LogP contribution in [0.3, 0.4) is 0 Å². The molecule has 1 aliphatic rings. The van der Waals surface area contributed by atoms with Crippen LogP contribution in [-0.4, -0.2) is 24.0 Å². The fourth-order valence-electron chi connectivity index (χ4n) is 1.61. The number of hydrogen-bond donors (Lipinski definition) is 2. The summed E-state index contributed by atoms with van der Waals surface area (Å²) in [6.07, 6.45) is 1.09. The lowest BCUT2D eigenvalue weighted by Crippen LogP contribution is -2.35. The summed E-state index contributed by atoms with van der Waals surface area (Å²) in [6, 6.07) is 3.88. The largest absolute Gasteiger partial charge is 0.356 e. The van der Waals surface area contributed by atoms with Crippen LogP contribution in [0.25, 0.3) is 10.6 Å². The summed E-state index contributed by atoms with van der Waals surface area (Å²) < 4.78 is 0.783. The molecule has 0 saturated heterocycles. The maximum absolute atomic E-state index is 5.92. The zero-order valence-corrected chi connectivity index (χ0v) is 11.8. The number of nitrogens with one attached hydrogen (secondary N) is 2. The van der Waals surface area contributed by atoms with Crippen LogP contribution in [-0.2, 0) is 0 Å². The molecule has 0 saturated carbocycles. The van der Waals surface area contributed by atoms with E-state index in [1.165, 1.54) is 11.3 Å². The number of rotatable bonds is 2. The fourth-order valence-corrected chi connectivity index (χ4v) is 3.40. The van der Waals surface area contributed by atoms with Crippen molar-refractivity contribution in [2.75, 3.05) is 18.4 Å². The second-order valence-electron chi connectivity index (χ2n) is 3.78. The SMILES string of the molecule is Clc1ccc(-c2csc(NC3=NCCCN3)n2)s1. The van der Waals surface area contributed by atoms with Gasteiger partial charge in [-0.1, -0.05) is 11.6 Å². The van der Waals surface area contributed by atoms with Crippen molar-refractivity contribution in [3.8, 4) is 10.6 Å². The zero-order chi connectivity index (χ0) is 12.4. The lowest BCUT2D eigenvalue weighted by atomic mass is 10.4. The Morgan fingerprint density at radius 1 is 1.39 bits per heavy atom. The van der Waals surface area contributed by atoms with E-state index in [2.05, 4.69) is 20.6 Å². The summed E-state index contributed by atoms with van der Waals surface area (Å²) in [6.45, 7) is 1.83. The summed E-state index contributed by atoms with van der Waals surface area (Å²) in [5.41, 5.74) is 0.954. The highest BCUT2D eigenvalue weighted by Crippen LogP contribution is 2.32. The van der Waals surface area contributed by atoms with Gasteiger partial charge in [-0.15, -0.1) is 22.7 Å². The number of guanidine groups is 1. The molecule has 7 heteroatoms. The Kier molecular flexibility index (Phi) is 3.49. The molecule has 1 aliphatic heterocycles. The Bertz CT molecular complexity index is 575. The number of thiophene rings is 1. The molecule has 94 valence electrons. The van der Waals surface area contributed by atoms with Gasteiger partial charge in [0, 0.05) is 18.5 Å². The van der Waals surface area contributed by atoms with Gasteiger partial charge in [-0.2, -0.15) is 0 Å². The van der Waals surface area contributed by atoms with Crippen molar-refractivity contribution in [2.45, 2.75) is 6.42 Å². The quantitative estimate of drug-likeness (QED) is 0.894. The van der Waals surface area contributed by atoms with Gasteiger partial charge in [0.15, 0.2) is 11.1 Å². The first-order valence-corrected chi connectivity index (χ1v) is 7.65. The van der Waals surface area contributed by atoms with Crippen molar-refractivity contribution in [2.24, 2.45) is 4.99 Å². The Morgan fingerprint density at radius 2 is 2.33 bits per heavy atom. The van der Waals surface area contributed by atoms with E-state index in [4.69, 9.17) is 11.6 Å². The number of nitrogens with zero attached hydrogens (tertiary/aromatic N) is 2. The summed E-state index contributed by atoms with van der Waals surface area (Å²) in [5, 5.41) is 9.27. The molecular weight excluding hydrogens is 288 g/mol. The number of hydrogen-bond acceptors (Lipinski definition) is 6. The molecular formula is C11H11ClN4S2. The average Bonchev–Trinajstić information content (AvgIpc) is 2.99. The number of aromatic nitrogens is 1. The third-order valence-electron chi connectivity index (χ3n) is 2.45. The van der Waals surface area contributed by atoms with Crippen LogP contribution < -0.4 is 10.6 Å². The maximum atomic E-state index is 5.92. The van der Waals surface area contributed by atoms with Gasteiger partial charge in [-0.25, -0.2) is 4.98 Å². The minimum atomic E-state index is 0.783. The second-order valence-corrected chi connectivity index (χ2v) is 6.35. The van der Waals surface area contributed by atoms with Crippen LogP contribution in [0.1, 0.15) is 6.42 Å². The molecule has 0 atom stereocenters. The Morgan fingerprint density at radius 3 is 3.06 bits per heavy atom. The number of thiazole rings is 1. The van der Waals surface area contributed by atoms with E-state index in [9.17, 15) is 0 Å². The predicted octanol–water partition coefficient (Wildman–Crippen LogP) is 3.29. The molecule has 2 aromatic rings. The van der Waals surface area contributed by atoms with Crippen LogP contribution in [0.2, 0.25) is 4.34 Å². The molecule has 0 radical (unpaired) electrons. The molecule has 3 heterocycles. The van der Waals surface area contributed by atoms with E-state index in [1.807, 2.05) is 17.5 Å². The zero-order valence-electron chi connectivity index (χ0n) is 9.44. The highest BCUT2D eigenvalue weighted by molar-refractivity contribution is 7.20. The normalized spacial score (nSPS) is 15.1. The molecule has 0 fully saturated rings. The molecule has 0 aromatic carbocycles. The minimum Gasteiger partial charge on any atom is -0.356 e. The van der Waals surface area contributed by atoms with Crippen molar-refractivity contribution in [1.29, 1.82) is 0 Å². The molecule has 0 bridgehead atoms. The van der Waals surface area contributed by atoms with Crippen LogP contribution in [0.5, 0.6) is 0 Å². The highest BCUT2D eigenvalue weighted by Gasteiger charge is 2.09. The molecule has 0 aliphatic carbocycles. The fraction of sp³-hybridized carbons (Fsp3) is 0.273. The van der Waals surface area contributed by atoms with Gasteiger partial charge < -0.3 is 10.6 Å². The van der Waals surface area contributed by atoms with Crippen molar-refractivity contribution in [3.63, 3.8) is 0 Å². The minimum absolute atomic E-state index is 0.783. The smallest absolute Gasteiger partial charge is 0.197 e. The van der Waals surface area contributed by atoms with Gasteiger partial charge in [0.25, 0.3) is 0 Å². The molecule has 2 N–H and O–H groups in total. The molecule has 18 heavy (non-hydrogen) atoms. The van der Waals surface area contributed by atoms with Crippen molar-refractivity contribution in [3.05, 3.63) is 21.8 Å².